The lowest BCUT2D eigenvalue weighted by atomic mass is 10.0. The van der Waals surface area contributed by atoms with Gasteiger partial charge >= 0.3 is 12.4 Å². The van der Waals surface area contributed by atoms with Gasteiger partial charge in [0.2, 0.25) is 0 Å². The van der Waals surface area contributed by atoms with Crippen molar-refractivity contribution in [1.82, 2.24) is 15.2 Å². The van der Waals surface area contributed by atoms with Gasteiger partial charge in [0.05, 0.1) is 22.6 Å². The number of aryl methyl sites for hydroxylation is 1. The number of likely N-dealkylation sites (N-methyl/N-ethyl adjacent to an activating group) is 1. The summed E-state index contributed by atoms with van der Waals surface area (Å²) in [4.78, 5) is 30.2. The van der Waals surface area contributed by atoms with Crippen LogP contribution in [0.5, 0.6) is 11.5 Å². The maximum absolute atomic E-state index is 15.3. The van der Waals surface area contributed by atoms with Crippen molar-refractivity contribution >= 4 is 23.3 Å². The fraction of sp³-hybridized carbons (Fsp3) is 0.304. The Morgan fingerprint density at radius 2 is 1.90 bits per heavy atom. The van der Waals surface area contributed by atoms with Crippen molar-refractivity contribution in [2.45, 2.75) is 32.3 Å². The van der Waals surface area contributed by atoms with Crippen molar-refractivity contribution in [3.63, 3.8) is 0 Å². The highest BCUT2D eigenvalue weighted by molar-refractivity contribution is 6.07. The molecule has 2 aromatic heterocycles. The molecule has 3 heterocycles. The number of pyridine rings is 1. The van der Waals surface area contributed by atoms with Crippen molar-refractivity contribution in [3.8, 4) is 22.8 Å². The monoisotopic (exact) mass is 561 g/mol. The highest BCUT2D eigenvalue weighted by Gasteiger charge is 2.40. The molecule has 4 rings (SSSR count). The molecule has 208 valence electrons. The van der Waals surface area contributed by atoms with Crippen molar-refractivity contribution in [3.05, 3.63) is 47.0 Å². The molecular weight excluding hydrogens is 543 g/mol. The first kappa shape index (κ1) is 27.7. The summed E-state index contributed by atoms with van der Waals surface area (Å²) in [6, 6.07) is 3.90. The number of nitrogens with zero attached hydrogens (tertiary/aromatic N) is 3. The number of ether oxygens (including phenoxy) is 2. The topological polar surface area (TPSA) is 109 Å². The fourth-order valence-electron chi connectivity index (χ4n) is 3.55. The van der Waals surface area contributed by atoms with Crippen LogP contribution >= 0.6 is 0 Å². The minimum absolute atomic E-state index is 0.00575. The SMILES string of the molecule is Cc1n[nH]c(C(F)(F)F)c1NC(=O)c1cc(F)c(-c2ccc3c(n2)N(C)C(=O)CO3)cc1OC(C)C(F)(F)F. The lowest BCUT2D eigenvalue weighted by Gasteiger charge is -2.25. The number of hydrogen-bond donors (Lipinski definition) is 2. The summed E-state index contributed by atoms with van der Waals surface area (Å²) >= 11 is 0. The molecule has 0 aliphatic carbocycles. The number of aromatic nitrogens is 3. The van der Waals surface area contributed by atoms with Gasteiger partial charge in [-0.1, -0.05) is 0 Å². The van der Waals surface area contributed by atoms with Crippen LogP contribution in [0.4, 0.5) is 42.2 Å². The molecule has 0 saturated carbocycles. The average Bonchev–Trinajstić information content (AvgIpc) is 3.22. The smallest absolute Gasteiger partial charge is 0.434 e. The van der Waals surface area contributed by atoms with Crippen LogP contribution in [0.1, 0.15) is 28.7 Å². The summed E-state index contributed by atoms with van der Waals surface area (Å²) in [6.07, 6.45) is -12.4. The predicted octanol–water partition coefficient (Wildman–Crippen LogP) is 4.88. The Labute approximate surface area is 214 Å². The number of nitrogens with one attached hydrogen (secondary N) is 2. The number of carbonyl (C=O) groups excluding carboxylic acids is 2. The largest absolute Gasteiger partial charge is 0.480 e. The lowest BCUT2D eigenvalue weighted by molar-refractivity contribution is -0.189. The molecule has 2 amide bonds. The normalized spacial score (nSPS) is 14.5. The summed E-state index contributed by atoms with van der Waals surface area (Å²) < 4.78 is 105. The van der Waals surface area contributed by atoms with E-state index < -0.39 is 64.3 Å². The second-order valence-electron chi connectivity index (χ2n) is 8.40. The zero-order valence-corrected chi connectivity index (χ0v) is 20.2. The van der Waals surface area contributed by atoms with Crippen LogP contribution in [0, 0.1) is 12.7 Å². The Morgan fingerprint density at radius 3 is 2.54 bits per heavy atom. The van der Waals surface area contributed by atoms with E-state index in [-0.39, 0.29) is 29.6 Å². The molecule has 0 saturated heterocycles. The second-order valence-corrected chi connectivity index (χ2v) is 8.40. The predicted molar refractivity (Wildman–Crippen MR) is 121 cm³/mol. The minimum Gasteiger partial charge on any atom is -0.480 e. The Balaban J connectivity index is 1.80. The molecule has 3 aromatic rings. The number of alkyl halides is 6. The highest BCUT2D eigenvalue weighted by Crippen LogP contribution is 2.38. The van der Waals surface area contributed by atoms with Gasteiger partial charge in [-0.25, -0.2) is 9.37 Å². The number of amides is 2. The van der Waals surface area contributed by atoms with E-state index in [1.807, 2.05) is 5.32 Å². The second kappa shape index (κ2) is 9.74. The van der Waals surface area contributed by atoms with E-state index in [0.29, 0.717) is 13.0 Å². The third-order valence-electron chi connectivity index (χ3n) is 5.71. The molecule has 1 unspecified atom stereocenters. The minimum atomic E-state index is -4.96. The molecule has 9 nitrogen and oxygen atoms in total. The number of rotatable bonds is 5. The van der Waals surface area contributed by atoms with E-state index >= 15 is 4.39 Å². The van der Waals surface area contributed by atoms with E-state index in [1.54, 1.807) is 5.10 Å². The third-order valence-corrected chi connectivity index (χ3v) is 5.71. The first-order chi connectivity index (χ1) is 18.1. The molecule has 0 bridgehead atoms. The Morgan fingerprint density at radius 1 is 1.21 bits per heavy atom. The summed E-state index contributed by atoms with van der Waals surface area (Å²) in [5.41, 5.74) is -3.89. The van der Waals surface area contributed by atoms with Gasteiger partial charge in [0.1, 0.15) is 11.6 Å². The van der Waals surface area contributed by atoms with E-state index in [2.05, 4.69) is 10.1 Å². The number of carbonyl (C=O) groups is 2. The molecule has 16 heteroatoms. The number of H-pyrrole nitrogens is 1. The van der Waals surface area contributed by atoms with Gasteiger partial charge in [-0.2, -0.15) is 31.4 Å². The van der Waals surface area contributed by atoms with E-state index in [4.69, 9.17) is 9.47 Å². The first-order valence-electron chi connectivity index (χ1n) is 11.0. The molecule has 0 radical (unpaired) electrons. The molecule has 1 atom stereocenters. The maximum Gasteiger partial charge on any atom is 0.434 e. The van der Waals surface area contributed by atoms with Crippen LogP contribution in [0.2, 0.25) is 0 Å². The van der Waals surface area contributed by atoms with Gasteiger partial charge < -0.3 is 14.8 Å². The summed E-state index contributed by atoms with van der Waals surface area (Å²) in [5, 5.41) is 7.03. The van der Waals surface area contributed by atoms with E-state index in [1.165, 1.54) is 19.2 Å². The molecule has 0 spiro atoms. The van der Waals surface area contributed by atoms with Crippen LogP contribution in [0.25, 0.3) is 11.3 Å². The molecule has 1 aromatic carbocycles. The van der Waals surface area contributed by atoms with Gasteiger partial charge in [-0.15, -0.1) is 0 Å². The molecule has 0 fully saturated rings. The number of anilines is 2. The Hall–Kier alpha value is -4.37. The van der Waals surface area contributed by atoms with Crippen molar-refractivity contribution in [2.24, 2.45) is 0 Å². The van der Waals surface area contributed by atoms with Crippen LogP contribution in [0.3, 0.4) is 0 Å². The summed E-state index contributed by atoms with van der Waals surface area (Å²) in [7, 11) is 1.39. The van der Waals surface area contributed by atoms with Gasteiger partial charge in [-0.3, -0.25) is 19.6 Å². The summed E-state index contributed by atoms with van der Waals surface area (Å²) in [5.74, 6) is -3.61. The standard InChI is InChI=1S/C23H18F7N5O4/c1-9-18(19(34-33-9)23(28,29)30)32-21(37)12-6-13(24)11(7-16(12)39-10(2)22(25,26)27)14-4-5-15-20(31-14)35(3)17(36)8-38-15/h4-7,10H,8H2,1-3H3,(H,32,37)(H,33,34). The highest BCUT2D eigenvalue weighted by atomic mass is 19.4. The van der Waals surface area contributed by atoms with E-state index in [0.717, 1.165) is 17.9 Å². The van der Waals surface area contributed by atoms with Crippen LogP contribution in [0.15, 0.2) is 24.3 Å². The molecular formula is C23H18F7N5O4. The van der Waals surface area contributed by atoms with E-state index in [9.17, 15) is 35.9 Å². The molecule has 39 heavy (non-hydrogen) atoms. The molecule has 2 N–H and O–H groups in total. The number of hydrogen-bond acceptors (Lipinski definition) is 6. The van der Waals surface area contributed by atoms with Crippen molar-refractivity contribution < 1.29 is 49.8 Å². The zero-order chi connectivity index (χ0) is 28.9. The van der Waals surface area contributed by atoms with Crippen molar-refractivity contribution in [2.75, 3.05) is 23.9 Å². The van der Waals surface area contributed by atoms with Crippen LogP contribution in [-0.2, 0) is 11.0 Å². The van der Waals surface area contributed by atoms with Crippen LogP contribution in [-0.4, -0.2) is 52.9 Å². The Bertz CT molecular complexity index is 1450. The number of fused-ring (bicyclic) bond motifs is 1. The average molecular weight is 561 g/mol. The number of halogens is 7. The lowest BCUT2D eigenvalue weighted by Crippen LogP contribution is -2.36. The van der Waals surface area contributed by atoms with Gasteiger partial charge in [0.15, 0.2) is 30.0 Å². The van der Waals surface area contributed by atoms with Crippen molar-refractivity contribution in [1.29, 1.82) is 0 Å². The fourth-order valence-corrected chi connectivity index (χ4v) is 3.55. The first-order valence-corrected chi connectivity index (χ1v) is 11.0. The van der Waals surface area contributed by atoms with Crippen LogP contribution < -0.4 is 19.7 Å². The van der Waals surface area contributed by atoms with Gasteiger partial charge in [0, 0.05) is 12.6 Å². The molecule has 1 aliphatic rings. The summed E-state index contributed by atoms with van der Waals surface area (Å²) in [6.45, 7) is 1.51. The third kappa shape index (κ3) is 5.44. The van der Waals surface area contributed by atoms with Gasteiger partial charge in [0.25, 0.3) is 11.8 Å². The molecule has 1 aliphatic heterocycles. The maximum atomic E-state index is 15.3. The number of benzene rings is 1. The number of aromatic amines is 1. The van der Waals surface area contributed by atoms with Gasteiger partial charge in [-0.05, 0) is 38.1 Å². The Kier molecular flexibility index (Phi) is 6.91. The quantitative estimate of drug-likeness (QED) is 0.430. The zero-order valence-electron chi connectivity index (χ0n) is 20.2.